The Morgan fingerprint density at radius 1 is 1.38 bits per heavy atom. The number of amides is 1. The Balaban J connectivity index is 2.10. The Morgan fingerprint density at radius 3 is 2.57 bits per heavy atom. The SMILES string of the molecule is CC(NC(=O)c1noc(C2CCOCC2)c1N)C(C)(C)C. The van der Waals surface area contributed by atoms with Crippen LogP contribution in [0.5, 0.6) is 0 Å². The fourth-order valence-corrected chi connectivity index (χ4v) is 2.21. The van der Waals surface area contributed by atoms with E-state index < -0.39 is 0 Å². The maximum absolute atomic E-state index is 12.3. The fourth-order valence-electron chi connectivity index (χ4n) is 2.21. The summed E-state index contributed by atoms with van der Waals surface area (Å²) in [6.07, 6.45) is 1.69. The molecule has 118 valence electrons. The van der Waals surface area contributed by atoms with Gasteiger partial charge in [-0.05, 0) is 25.2 Å². The van der Waals surface area contributed by atoms with Crippen molar-refractivity contribution in [3.05, 3.63) is 11.5 Å². The van der Waals surface area contributed by atoms with Crippen LogP contribution in [0.3, 0.4) is 0 Å². The van der Waals surface area contributed by atoms with Crippen molar-refractivity contribution < 1.29 is 14.1 Å². The molecule has 1 aliphatic rings. The van der Waals surface area contributed by atoms with Gasteiger partial charge >= 0.3 is 0 Å². The zero-order valence-corrected chi connectivity index (χ0v) is 13.2. The molecule has 0 radical (unpaired) electrons. The summed E-state index contributed by atoms with van der Waals surface area (Å²) in [5, 5.41) is 6.80. The van der Waals surface area contributed by atoms with Gasteiger partial charge in [-0.2, -0.15) is 0 Å². The molecule has 1 fully saturated rings. The minimum absolute atomic E-state index is 0.00707. The van der Waals surface area contributed by atoms with E-state index in [-0.39, 0.29) is 29.0 Å². The minimum atomic E-state index is -0.281. The predicted molar refractivity (Wildman–Crippen MR) is 80.1 cm³/mol. The van der Waals surface area contributed by atoms with Crippen LogP contribution in [-0.2, 0) is 4.74 Å². The molecule has 2 rings (SSSR count). The van der Waals surface area contributed by atoms with E-state index >= 15 is 0 Å². The van der Waals surface area contributed by atoms with Gasteiger partial charge in [-0.15, -0.1) is 0 Å². The highest BCUT2D eigenvalue weighted by molar-refractivity contribution is 5.97. The lowest BCUT2D eigenvalue weighted by molar-refractivity contribution is 0.0791. The van der Waals surface area contributed by atoms with Crippen molar-refractivity contribution in [2.75, 3.05) is 18.9 Å². The summed E-state index contributed by atoms with van der Waals surface area (Å²) in [7, 11) is 0. The van der Waals surface area contributed by atoms with Gasteiger partial charge in [0, 0.05) is 25.2 Å². The van der Waals surface area contributed by atoms with Crippen molar-refractivity contribution in [3.63, 3.8) is 0 Å². The summed E-state index contributed by atoms with van der Waals surface area (Å²) < 4.78 is 10.7. The molecule has 0 bridgehead atoms. The predicted octanol–water partition coefficient (Wildman–Crippen LogP) is 2.32. The zero-order chi connectivity index (χ0) is 15.6. The van der Waals surface area contributed by atoms with E-state index in [0.717, 1.165) is 12.8 Å². The van der Waals surface area contributed by atoms with Gasteiger partial charge in [0.25, 0.3) is 5.91 Å². The average molecular weight is 295 g/mol. The lowest BCUT2D eigenvalue weighted by Crippen LogP contribution is -2.41. The van der Waals surface area contributed by atoms with Crippen LogP contribution >= 0.6 is 0 Å². The summed E-state index contributed by atoms with van der Waals surface area (Å²) in [5.74, 6) is 0.525. The van der Waals surface area contributed by atoms with E-state index in [4.69, 9.17) is 15.0 Å². The summed E-state index contributed by atoms with van der Waals surface area (Å²) >= 11 is 0. The number of carbonyl (C=O) groups is 1. The molecule has 6 nitrogen and oxygen atoms in total. The van der Waals surface area contributed by atoms with Crippen LogP contribution in [-0.4, -0.2) is 30.3 Å². The molecule has 21 heavy (non-hydrogen) atoms. The van der Waals surface area contributed by atoms with Crippen LogP contribution in [0, 0.1) is 5.41 Å². The van der Waals surface area contributed by atoms with E-state index in [1.54, 1.807) is 0 Å². The van der Waals surface area contributed by atoms with Crippen LogP contribution in [0.2, 0.25) is 0 Å². The Kier molecular flexibility index (Phi) is 4.56. The molecule has 3 N–H and O–H groups in total. The van der Waals surface area contributed by atoms with Crippen LogP contribution in [0.4, 0.5) is 5.69 Å². The van der Waals surface area contributed by atoms with Crippen molar-refractivity contribution in [2.24, 2.45) is 5.41 Å². The highest BCUT2D eigenvalue weighted by atomic mass is 16.5. The number of carbonyl (C=O) groups excluding carboxylic acids is 1. The quantitative estimate of drug-likeness (QED) is 0.893. The second-order valence-electron chi connectivity index (χ2n) is 6.76. The first kappa shape index (κ1) is 15.8. The number of nitrogens with one attached hydrogen (secondary N) is 1. The second kappa shape index (κ2) is 6.05. The number of nitrogen functional groups attached to an aromatic ring is 1. The number of anilines is 1. The van der Waals surface area contributed by atoms with Crippen molar-refractivity contribution in [2.45, 2.75) is 52.5 Å². The third-order valence-corrected chi connectivity index (χ3v) is 4.21. The molecular formula is C15H25N3O3. The van der Waals surface area contributed by atoms with Crippen LogP contribution < -0.4 is 11.1 Å². The van der Waals surface area contributed by atoms with Gasteiger partial charge in [0.15, 0.2) is 11.5 Å². The van der Waals surface area contributed by atoms with Gasteiger partial charge in [-0.3, -0.25) is 4.79 Å². The molecular weight excluding hydrogens is 270 g/mol. The third-order valence-electron chi connectivity index (χ3n) is 4.21. The summed E-state index contributed by atoms with van der Waals surface area (Å²) in [4.78, 5) is 12.3. The molecule has 1 amide bonds. The van der Waals surface area contributed by atoms with Crippen molar-refractivity contribution in [1.29, 1.82) is 0 Å². The molecule has 0 aliphatic carbocycles. The molecule has 1 aromatic heterocycles. The van der Waals surface area contributed by atoms with Gasteiger partial charge in [-0.1, -0.05) is 25.9 Å². The first-order chi connectivity index (χ1) is 9.80. The van der Waals surface area contributed by atoms with Crippen LogP contribution in [0.15, 0.2) is 4.52 Å². The molecule has 2 heterocycles. The zero-order valence-electron chi connectivity index (χ0n) is 13.2. The molecule has 1 saturated heterocycles. The number of nitrogens with two attached hydrogens (primary N) is 1. The molecule has 1 atom stereocenters. The van der Waals surface area contributed by atoms with Crippen molar-refractivity contribution in [1.82, 2.24) is 10.5 Å². The topological polar surface area (TPSA) is 90.4 Å². The molecule has 1 aromatic rings. The van der Waals surface area contributed by atoms with Gasteiger partial charge in [-0.25, -0.2) is 0 Å². The van der Waals surface area contributed by atoms with E-state index in [1.807, 2.05) is 6.92 Å². The largest absolute Gasteiger partial charge is 0.394 e. The monoisotopic (exact) mass is 295 g/mol. The second-order valence-corrected chi connectivity index (χ2v) is 6.76. The molecule has 6 heteroatoms. The van der Waals surface area contributed by atoms with Gasteiger partial charge in [0.05, 0.1) is 0 Å². The van der Waals surface area contributed by atoms with E-state index in [1.165, 1.54) is 0 Å². The molecule has 1 aliphatic heterocycles. The van der Waals surface area contributed by atoms with E-state index in [0.29, 0.717) is 24.7 Å². The molecule has 1 unspecified atom stereocenters. The number of hydrogen-bond donors (Lipinski definition) is 2. The number of nitrogens with zero attached hydrogens (tertiary/aromatic N) is 1. The number of rotatable bonds is 3. The lowest BCUT2D eigenvalue weighted by Gasteiger charge is -2.27. The fraction of sp³-hybridized carbons (Fsp3) is 0.733. The summed E-state index contributed by atoms with van der Waals surface area (Å²) in [6.45, 7) is 9.54. The maximum atomic E-state index is 12.3. The van der Waals surface area contributed by atoms with Crippen LogP contribution in [0.1, 0.15) is 62.7 Å². The number of aromatic nitrogens is 1. The van der Waals surface area contributed by atoms with Crippen molar-refractivity contribution in [3.8, 4) is 0 Å². The summed E-state index contributed by atoms with van der Waals surface area (Å²) in [5.41, 5.74) is 6.58. The number of hydrogen-bond acceptors (Lipinski definition) is 5. The van der Waals surface area contributed by atoms with E-state index in [9.17, 15) is 4.79 Å². The average Bonchev–Trinajstić information content (AvgIpc) is 2.80. The smallest absolute Gasteiger partial charge is 0.275 e. The van der Waals surface area contributed by atoms with Gasteiger partial charge in [0.2, 0.25) is 0 Å². The molecule has 0 aromatic carbocycles. The van der Waals surface area contributed by atoms with Gasteiger partial charge < -0.3 is 20.3 Å². The normalized spacial score (nSPS) is 18.5. The molecule has 0 spiro atoms. The summed E-state index contributed by atoms with van der Waals surface area (Å²) in [6, 6.07) is 0.00707. The Labute approximate surface area is 125 Å². The van der Waals surface area contributed by atoms with Crippen molar-refractivity contribution >= 4 is 11.6 Å². The highest BCUT2D eigenvalue weighted by Crippen LogP contribution is 2.32. The van der Waals surface area contributed by atoms with Crippen LogP contribution in [0.25, 0.3) is 0 Å². The lowest BCUT2D eigenvalue weighted by atomic mass is 9.88. The third kappa shape index (κ3) is 3.56. The Hall–Kier alpha value is -1.56. The first-order valence-electron chi connectivity index (χ1n) is 7.44. The standard InChI is InChI=1S/C15H25N3O3/c1-9(15(2,3)4)17-14(19)12-11(16)13(21-18-12)10-5-7-20-8-6-10/h9-10H,5-8,16H2,1-4H3,(H,17,19). The Morgan fingerprint density at radius 2 is 2.00 bits per heavy atom. The maximum Gasteiger partial charge on any atom is 0.275 e. The minimum Gasteiger partial charge on any atom is -0.394 e. The highest BCUT2D eigenvalue weighted by Gasteiger charge is 2.29. The van der Waals surface area contributed by atoms with E-state index in [2.05, 4.69) is 31.2 Å². The Bertz CT molecular complexity index is 499. The van der Waals surface area contributed by atoms with Gasteiger partial charge in [0.1, 0.15) is 5.69 Å². The number of ether oxygens (including phenoxy) is 1. The molecule has 0 saturated carbocycles. The first-order valence-corrected chi connectivity index (χ1v) is 7.44.